The van der Waals surface area contributed by atoms with Crippen LogP contribution in [0.2, 0.25) is 15.1 Å². The van der Waals surface area contributed by atoms with E-state index in [1.807, 2.05) is 0 Å². The van der Waals surface area contributed by atoms with Gasteiger partial charge in [0.05, 0.1) is 15.6 Å². The molecule has 0 aliphatic heterocycles. The van der Waals surface area contributed by atoms with Gasteiger partial charge in [-0.25, -0.2) is 4.39 Å². The monoisotopic (exact) mass is 495 g/mol. The second-order valence-corrected chi connectivity index (χ2v) is 7.86. The van der Waals surface area contributed by atoms with Crippen molar-refractivity contribution < 1.29 is 14.0 Å². The maximum Gasteiger partial charge on any atom is 0.258 e. The minimum Gasteiger partial charge on any atom is -0.332 e. The Morgan fingerprint density at radius 1 is 0.806 bits per heavy atom. The third-order valence-electron chi connectivity index (χ3n) is 3.96. The molecule has 31 heavy (non-hydrogen) atoms. The van der Waals surface area contributed by atoms with Crippen molar-refractivity contribution in [3.8, 4) is 0 Å². The van der Waals surface area contributed by atoms with Crippen molar-refractivity contribution in [2.45, 2.75) is 0 Å². The quantitative estimate of drug-likeness (QED) is 0.378. The summed E-state index contributed by atoms with van der Waals surface area (Å²) in [4.78, 5) is 24.8. The third kappa shape index (κ3) is 6.15. The first-order chi connectivity index (χ1) is 14.7. The molecule has 5 nitrogen and oxygen atoms in total. The second kappa shape index (κ2) is 10.1. The third-order valence-corrected chi connectivity index (χ3v) is 5.00. The molecule has 0 radical (unpaired) electrons. The molecule has 3 aromatic carbocycles. The van der Waals surface area contributed by atoms with Gasteiger partial charge in [-0.15, -0.1) is 0 Å². The summed E-state index contributed by atoms with van der Waals surface area (Å²) in [6, 6.07) is 14.8. The maximum atomic E-state index is 13.3. The summed E-state index contributed by atoms with van der Waals surface area (Å²) in [5.41, 5.74) is 1.33. The van der Waals surface area contributed by atoms with Crippen LogP contribution in [0.15, 0.2) is 60.7 Å². The van der Waals surface area contributed by atoms with Crippen molar-refractivity contribution in [2.24, 2.45) is 0 Å². The average Bonchev–Trinajstić information content (AvgIpc) is 2.70. The van der Waals surface area contributed by atoms with E-state index >= 15 is 0 Å². The van der Waals surface area contributed by atoms with Gasteiger partial charge in [0.25, 0.3) is 11.8 Å². The fourth-order valence-corrected chi connectivity index (χ4v) is 3.41. The predicted octanol–water partition coefficient (Wildman–Crippen LogP) is 6.17. The van der Waals surface area contributed by atoms with Gasteiger partial charge in [-0.1, -0.05) is 40.9 Å². The van der Waals surface area contributed by atoms with Crippen molar-refractivity contribution >= 4 is 75.3 Å². The Bertz CT molecular complexity index is 1190. The minimum atomic E-state index is -0.582. The first-order valence-electron chi connectivity index (χ1n) is 8.67. The Kier molecular flexibility index (Phi) is 7.46. The van der Waals surface area contributed by atoms with Crippen LogP contribution in [0.1, 0.15) is 20.7 Å². The molecular weight excluding hydrogens is 484 g/mol. The number of carbonyl (C=O) groups is 2. The standard InChI is InChI=1S/C21H13Cl3FN3O2S/c22-12-4-6-15(16(23)9-12)20(30)28-21(31)27-13-3-1-2-11(8-13)19(29)26-14-5-7-18(25)17(24)10-14/h1-10H,(H,26,29)(H2,27,28,30,31). The van der Waals surface area contributed by atoms with Crippen LogP contribution in [-0.2, 0) is 0 Å². The van der Waals surface area contributed by atoms with Gasteiger partial charge in [-0.3, -0.25) is 14.9 Å². The summed E-state index contributed by atoms with van der Waals surface area (Å²) in [6.07, 6.45) is 0. The van der Waals surface area contributed by atoms with Crippen LogP contribution in [0.25, 0.3) is 0 Å². The van der Waals surface area contributed by atoms with Crippen LogP contribution >= 0.6 is 47.0 Å². The Labute approximate surface area is 197 Å². The highest BCUT2D eigenvalue weighted by atomic mass is 35.5. The van der Waals surface area contributed by atoms with E-state index < -0.39 is 17.6 Å². The van der Waals surface area contributed by atoms with Crippen LogP contribution in [0.3, 0.4) is 0 Å². The second-order valence-electron chi connectivity index (χ2n) is 6.20. The predicted molar refractivity (Wildman–Crippen MR) is 126 cm³/mol. The summed E-state index contributed by atoms with van der Waals surface area (Å²) >= 11 is 22.7. The Balaban J connectivity index is 1.65. The minimum absolute atomic E-state index is 0.0129. The number of nitrogens with one attached hydrogen (secondary N) is 3. The maximum absolute atomic E-state index is 13.3. The van der Waals surface area contributed by atoms with Gasteiger partial charge in [0.1, 0.15) is 5.82 Å². The fraction of sp³-hybridized carbons (Fsp3) is 0. The number of rotatable bonds is 4. The van der Waals surface area contributed by atoms with Gasteiger partial charge >= 0.3 is 0 Å². The summed E-state index contributed by atoms with van der Waals surface area (Å²) in [6.45, 7) is 0. The van der Waals surface area contributed by atoms with E-state index in [0.29, 0.717) is 22.0 Å². The number of anilines is 2. The number of hydrogen-bond acceptors (Lipinski definition) is 3. The Hall–Kier alpha value is -2.71. The van der Waals surface area contributed by atoms with Crippen molar-refractivity contribution in [1.29, 1.82) is 0 Å². The normalized spacial score (nSPS) is 10.3. The molecule has 158 valence electrons. The Morgan fingerprint density at radius 2 is 1.55 bits per heavy atom. The van der Waals surface area contributed by atoms with E-state index in [1.54, 1.807) is 18.2 Å². The molecule has 0 fully saturated rings. The van der Waals surface area contributed by atoms with E-state index in [9.17, 15) is 14.0 Å². The van der Waals surface area contributed by atoms with Crippen molar-refractivity contribution in [2.75, 3.05) is 10.6 Å². The number of carbonyl (C=O) groups excluding carboxylic acids is 2. The van der Waals surface area contributed by atoms with Crippen LogP contribution in [0.5, 0.6) is 0 Å². The molecule has 0 unspecified atom stereocenters. The molecule has 2 amide bonds. The van der Waals surface area contributed by atoms with Crippen LogP contribution in [0.4, 0.5) is 15.8 Å². The van der Waals surface area contributed by atoms with Crippen LogP contribution < -0.4 is 16.0 Å². The van der Waals surface area contributed by atoms with Crippen LogP contribution in [-0.4, -0.2) is 16.9 Å². The van der Waals surface area contributed by atoms with Crippen molar-refractivity contribution in [3.05, 3.63) is 92.7 Å². The molecular formula is C21H13Cl3FN3O2S. The van der Waals surface area contributed by atoms with Gasteiger partial charge < -0.3 is 10.6 Å². The summed E-state index contributed by atoms with van der Waals surface area (Å²) < 4.78 is 13.3. The Morgan fingerprint density at radius 3 is 2.26 bits per heavy atom. The largest absolute Gasteiger partial charge is 0.332 e. The highest BCUT2D eigenvalue weighted by Crippen LogP contribution is 2.22. The van der Waals surface area contributed by atoms with Crippen molar-refractivity contribution in [3.63, 3.8) is 0 Å². The molecule has 0 aliphatic rings. The zero-order valence-corrected chi connectivity index (χ0v) is 18.6. The topological polar surface area (TPSA) is 70.2 Å². The van der Waals surface area contributed by atoms with E-state index in [0.717, 1.165) is 6.07 Å². The molecule has 0 aromatic heterocycles. The lowest BCUT2D eigenvalue weighted by Gasteiger charge is -2.12. The highest BCUT2D eigenvalue weighted by Gasteiger charge is 2.13. The molecule has 0 saturated carbocycles. The zero-order valence-electron chi connectivity index (χ0n) is 15.5. The molecule has 3 aromatic rings. The van der Waals surface area contributed by atoms with Crippen molar-refractivity contribution in [1.82, 2.24) is 5.32 Å². The van der Waals surface area contributed by atoms with E-state index in [2.05, 4.69) is 16.0 Å². The number of halogens is 4. The molecule has 0 saturated heterocycles. The van der Waals surface area contributed by atoms with Gasteiger partial charge in [0.15, 0.2) is 5.11 Å². The molecule has 0 spiro atoms. The summed E-state index contributed by atoms with van der Waals surface area (Å²) in [5.74, 6) is -1.53. The van der Waals surface area contributed by atoms with Gasteiger partial charge in [0.2, 0.25) is 0 Å². The molecule has 0 aliphatic carbocycles. The first-order valence-corrected chi connectivity index (χ1v) is 10.2. The molecule has 10 heteroatoms. The SMILES string of the molecule is O=C(Nc1ccc(F)c(Cl)c1)c1cccc(NC(=S)NC(=O)c2ccc(Cl)cc2Cl)c1. The fourth-order valence-electron chi connectivity index (χ4n) is 2.52. The molecule has 3 rings (SSSR count). The summed E-state index contributed by atoms with van der Waals surface area (Å²) in [5, 5.41) is 8.46. The average molecular weight is 497 g/mol. The zero-order chi connectivity index (χ0) is 22.5. The van der Waals surface area contributed by atoms with Gasteiger partial charge in [-0.05, 0) is 66.8 Å². The lowest BCUT2D eigenvalue weighted by Crippen LogP contribution is -2.34. The first kappa shape index (κ1) is 23.0. The smallest absolute Gasteiger partial charge is 0.258 e. The van der Waals surface area contributed by atoms with E-state index in [4.69, 9.17) is 47.0 Å². The lowest BCUT2D eigenvalue weighted by molar-refractivity contribution is 0.0976. The molecule has 3 N–H and O–H groups in total. The van der Waals surface area contributed by atoms with Gasteiger partial charge in [-0.2, -0.15) is 0 Å². The number of amides is 2. The highest BCUT2D eigenvalue weighted by molar-refractivity contribution is 7.80. The summed E-state index contributed by atoms with van der Waals surface area (Å²) in [7, 11) is 0. The van der Waals surface area contributed by atoms with Gasteiger partial charge in [0, 0.05) is 22.0 Å². The van der Waals surface area contributed by atoms with E-state index in [-0.39, 0.29) is 20.7 Å². The molecule has 0 atom stereocenters. The lowest BCUT2D eigenvalue weighted by atomic mass is 10.2. The number of hydrogen-bond donors (Lipinski definition) is 3. The number of benzene rings is 3. The molecule has 0 bridgehead atoms. The van der Waals surface area contributed by atoms with Crippen LogP contribution in [0, 0.1) is 5.82 Å². The molecule has 0 heterocycles. The van der Waals surface area contributed by atoms with E-state index in [1.165, 1.54) is 36.4 Å². The number of thiocarbonyl (C=S) groups is 1.